The number of para-hydroxylation sites is 1. The zero-order chi connectivity index (χ0) is 22.6. The maximum Gasteiger partial charge on any atom is 0.273 e. The van der Waals surface area contributed by atoms with Gasteiger partial charge in [-0.05, 0) is 49.1 Å². The van der Waals surface area contributed by atoms with Crippen LogP contribution in [0.2, 0.25) is 0 Å². The van der Waals surface area contributed by atoms with Crippen LogP contribution in [0, 0.1) is 17.3 Å². The molecule has 0 bridgehead atoms. The number of rotatable bonds is 10. The van der Waals surface area contributed by atoms with Gasteiger partial charge in [0.25, 0.3) is 5.91 Å². The second-order valence-corrected chi connectivity index (χ2v) is 9.54. The number of carbonyl (C=O) groups excluding carboxylic acids is 2. The van der Waals surface area contributed by atoms with E-state index in [1.165, 1.54) is 0 Å². The molecule has 1 unspecified atom stereocenters. The van der Waals surface area contributed by atoms with Crippen molar-refractivity contribution in [2.24, 2.45) is 23.0 Å². The molecule has 0 aliphatic heterocycles. The number of nitrogens with two attached hydrogens (primary N) is 1. The van der Waals surface area contributed by atoms with Gasteiger partial charge in [0.05, 0.1) is 5.52 Å². The Balaban J connectivity index is 1.75. The van der Waals surface area contributed by atoms with E-state index in [1.807, 2.05) is 49.7 Å². The van der Waals surface area contributed by atoms with Crippen LogP contribution in [0.5, 0.6) is 0 Å². The number of aromatic nitrogens is 2. The van der Waals surface area contributed by atoms with E-state index >= 15 is 0 Å². The Kier molecular flexibility index (Phi) is 7.33. The Bertz CT molecular complexity index is 918. The van der Waals surface area contributed by atoms with Crippen LogP contribution in [0.25, 0.3) is 10.9 Å². The van der Waals surface area contributed by atoms with Gasteiger partial charge in [-0.15, -0.1) is 0 Å². The number of aryl methyl sites for hydroxylation is 1. The summed E-state index contributed by atoms with van der Waals surface area (Å²) in [4.78, 5) is 26.1. The lowest BCUT2D eigenvalue weighted by atomic mass is 9.86. The van der Waals surface area contributed by atoms with Crippen LogP contribution in [0.15, 0.2) is 24.3 Å². The molecule has 1 aromatic carbocycles. The number of hydrogen-bond acceptors (Lipinski definition) is 5. The molecule has 3 atom stereocenters. The number of fused-ring (bicyclic) bond motifs is 1. The zero-order valence-electron chi connectivity index (χ0n) is 18.7. The molecule has 3 rings (SSSR count). The first kappa shape index (κ1) is 23.2. The number of carbonyl (C=O) groups is 2. The van der Waals surface area contributed by atoms with Crippen LogP contribution >= 0.6 is 0 Å². The second kappa shape index (κ2) is 9.78. The van der Waals surface area contributed by atoms with Gasteiger partial charge in [0.1, 0.15) is 6.04 Å². The Morgan fingerprint density at radius 2 is 2.00 bits per heavy atom. The molecule has 0 radical (unpaired) electrons. The number of hydrogen-bond donors (Lipinski definition) is 4. The highest BCUT2D eigenvalue weighted by Gasteiger charge is 2.38. The van der Waals surface area contributed by atoms with Crippen LogP contribution in [0.1, 0.15) is 50.5 Å². The molecule has 1 aliphatic rings. The van der Waals surface area contributed by atoms with Crippen molar-refractivity contribution in [3.05, 3.63) is 30.0 Å². The predicted molar refractivity (Wildman–Crippen MR) is 120 cm³/mol. The van der Waals surface area contributed by atoms with Gasteiger partial charge in [-0.1, -0.05) is 39.0 Å². The summed E-state index contributed by atoms with van der Waals surface area (Å²) in [5, 5.41) is 20.4. The zero-order valence-corrected chi connectivity index (χ0v) is 18.7. The first-order valence-corrected chi connectivity index (χ1v) is 11.1. The number of nitrogens with one attached hydrogen (secondary N) is 2. The quantitative estimate of drug-likeness (QED) is 0.428. The Morgan fingerprint density at radius 3 is 2.65 bits per heavy atom. The van der Waals surface area contributed by atoms with Gasteiger partial charge in [0, 0.05) is 25.1 Å². The molecule has 1 aliphatic carbocycles. The third-order valence-corrected chi connectivity index (χ3v) is 5.94. The summed E-state index contributed by atoms with van der Waals surface area (Å²) in [5.41, 5.74) is 6.35. The fourth-order valence-corrected chi connectivity index (χ4v) is 3.86. The average Bonchev–Trinajstić information content (AvgIpc) is 3.41. The van der Waals surface area contributed by atoms with E-state index in [4.69, 9.17) is 5.73 Å². The van der Waals surface area contributed by atoms with Crippen molar-refractivity contribution in [1.82, 2.24) is 20.4 Å². The topological polar surface area (TPSA) is 122 Å². The van der Waals surface area contributed by atoms with Crippen LogP contribution in [-0.4, -0.2) is 52.4 Å². The molecule has 8 nitrogen and oxygen atoms in total. The summed E-state index contributed by atoms with van der Waals surface area (Å²) in [6.07, 6.45) is 2.70. The highest BCUT2D eigenvalue weighted by Crippen LogP contribution is 2.37. The van der Waals surface area contributed by atoms with Gasteiger partial charge in [0.15, 0.2) is 5.69 Å². The molecule has 2 aromatic rings. The van der Waals surface area contributed by atoms with Crippen LogP contribution in [-0.2, 0) is 11.3 Å². The van der Waals surface area contributed by atoms with E-state index < -0.39 is 11.5 Å². The molecule has 1 heterocycles. The van der Waals surface area contributed by atoms with Gasteiger partial charge in [-0.25, -0.2) is 0 Å². The van der Waals surface area contributed by atoms with Crippen molar-refractivity contribution in [3.63, 3.8) is 0 Å². The lowest BCUT2D eigenvalue weighted by molar-refractivity contribution is -0.125. The number of nitrogens with zero attached hydrogens (tertiary/aromatic N) is 2. The molecule has 0 spiro atoms. The molecule has 31 heavy (non-hydrogen) atoms. The van der Waals surface area contributed by atoms with Crippen LogP contribution < -0.4 is 16.4 Å². The maximum atomic E-state index is 13.2. The van der Waals surface area contributed by atoms with Gasteiger partial charge in [-0.3, -0.25) is 14.3 Å². The monoisotopic (exact) mass is 429 g/mol. The van der Waals surface area contributed by atoms with Gasteiger partial charge >= 0.3 is 0 Å². The standard InChI is InChI=1S/C23H35N5O3/c1-23(2,3)20(22(31)25-13-15-12-16(15)14-29)26-21(30)19-17-8-4-5-9-18(17)28(27-19)11-7-6-10-24/h4-5,8-9,15-16,20,29H,6-7,10-14,24H2,1-3H3,(H,25,31)(H,26,30)/t15-,16-,20?/m1/s1. The summed E-state index contributed by atoms with van der Waals surface area (Å²) in [5.74, 6) is 0.0237. The van der Waals surface area contributed by atoms with E-state index in [0.29, 0.717) is 31.2 Å². The number of unbranched alkanes of at least 4 members (excludes halogenated alkanes) is 1. The van der Waals surface area contributed by atoms with E-state index in [1.54, 1.807) is 0 Å². The van der Waals surface area contributed by atoms with E-state index in [0.717, 1.165) is 30.2 Å². The third-order valence-electron chi connectivity index (χ3n) is 5.94. The Morgan fingerprint density at radius 1 is 1.26 bits per heavy atom. The van der Waals surface area contributed by atoms with Crippen molar-refractivity contribution < 1.29 is 14.7 Å². The predicted octanol–water partition coefficient (Wildman–Crippen LogP) is 1.66. The molecular formula is C23H35N5O3. The molecule has 1 aromatic heterocycles. The van der Waals surface area contributed by atoms with E-state index in [9.17, 15) is 14.7 Å². The molecule has 1 saturated carbocycles. The van der Waals surface area contributed by atoms with Crippen molar-refractivity contribution in [3.8, 4) is 0 Å². The molecule has 0 saturated heterocycles. The van der Waals surface area contributed by atoms with Gasteiger partial charge in [0.2, 0.25) is 5.91 Å². The SMILES string of the molecule is CC(C)(C)C(NC(=O)c1nn(CCCCN)c2ccccc12)C(=O)NC[C@H]1C[C@@H]1CO. The van der Waals surface area contributed by atoms with Crippen molar-refractivity contribution in [1.29, 1.82) is 0 Å². The molecule has 8 heteroatoms. The Labute approximate surface area is 183 Å². The van der Waals surface area contributed by atoms with Crippen molar-refractivity contribution >= 4 is 22.7 Å². The molecule has 5 N–H and O–H groups in total. The number of amides is 2. The molecule has 170 valence electrons. The highest BCUT2D eigenvalue weighted by atomic mass is 16.3. The summed E-state index contributed by atoms with van der Waals surface area (Å²) < 4.78 is 1.84. The fraction of sp³-hybridized carbons (Fsp3) is 0.609. The first-order valence-electron chi connectivity index (χ1n) is 11.1. The second-order valence-electron chi connectivity index (χ2n) is 9.54. The normalized spacial score (nSPS) is 19.3. The summed E-state index contributed by atoms with van der Waals surface area (Å²) >= 11 is 0. The van der Waals surface area contributed by atoms with Gasteiger partial charge in [-0.2, -0.15) is 5.10 Å². The average molecular weight is 430 g/mol. The lowest BCUT2D eigenvalue weighted by Gasteiger charge is -2.30. The maximum absolute atomic E-state index is 13.2. The smallest absolute Gasteiger partial charge is 0.273 e. The van der Waals surface area contributed by atoms with E-state index in [2.05, 4.69) is 15.7 Å². The molecule has 1 fully saturated rings. The number of aliphatic hydroxyl groups is 1. The minimum Gasteiger partial charge on any atom is -0.396 e. The third kappa shape index (κ3) is 5.62. The van der Waals surface area contributed by atoms with Crippen molar-refractivity contribution in [2.45, 2.75) is 52.6 Å². The van der Waals surface area contributed by atoms with Crippen molar-refractivity contribution in [2.75, 3.05) is 19.7 Å². The lowest BCUT2D eigenvalue weighted by Crippen LogP contribution is -2.54. The molecular weight excluding hydrogens is 394 g/mol. The largest absolute Gasteiger partial charge is 0.396 e. The van der Waals surface area contributed by atoms with E-state index in [-0.39, 0.29) is 24.3 Å². The summed E-state index contributed by atoms with van der Waals surface area (Å²) in [7, 11) is 0. The minimum absolute atomic E-state index is 0.154. The summed E-state index contributed by atoms with van der Waals surface area (Å²) in [6.45, 7) is 7.75. The van der Waals surface area contributed by atoms with Gasteiger partial charge < -0.3 is 21.5 Å². The van der Waals surface area contributed by atoms with Crippen LogP contribution in [0.4, 0.5) is 0 Å². The van der Waals surface area contributed by atoms with Crippen LogP contribution in [0.3, 0.4) is 0 Å². The highest BCUT2D eigenvalue weighted by molar-refractivity contribution is 6.06. The Hall–Kier alpha value is -2.45. The molecule has 2 amide bonds. The first-order chi connectivity index (χ1) is 14.8. The summed E-state index contributed by atoms with van der Waals surface area (Å²) in [6, 6.07) is 6.93. The number of aliphatic hydroxyl groups excluding tert-OH is 1. The number of benzene rings is 1. The fourth-order valence-electron chi connectivity index (χ4n) is 3.86. The minimum atomic E-state index is -0.701.